The van der Waals surface area contributed by atoms with Gasteiger partial charge in [-0.25, -0.2) is 4.79 Å². The number of piperidine rings is 1. The molecule has 12 heteroatoms. The first-order chi connectivity index (χ1) is 18.9. The van der Waals surface area contributed by atoms with Crippen LogP contribution in [0.1, 0.15) is 47.4 Å². The van der Waals surface area contributed by atoms with Gasteiger partial charge < -0.3 is 35.4 Å². The maximum atomic E-state index is 12.8. The van der Waals surface area contributed by atoms with Gasteiger partial charge >= 0.3 is 5.97 Å². The predicted molar refractivity (Wildman–Crippen MR) is 153 cm³/mol. The zero-order chi connectivity index (χ0) is 29.2. The van der Waals surface area contributed by atoms with Crippen LogP contribution in [0.25, 0.3) is 0 Å². The van der Waals surface area contributed by atoms with E-state index in [0.29, 0.717) is 35.9 Å². The van der Waals surface area contributed by atoms with Gasteiger partial charge in [-0.3, -0.25) is 9.59 Å². The maximum absolute atomic E-state index is 12.8. The standard InChI is InChI=1S/C28H34Cl2N4O6/c1-28(2,27(38)39)40-24-13-22(19(12-20(24)30)25(36)31-3)34-14-21(23(35)15-34)32-18-8-10-33(11-9-18)26(37)16-4-6-17(29)7-5-16/h4-7,12-13,18,21,23,32,35H,8-11,14-15H2,1-3H3,(H,31,36)(H,38,39)/t21-,23-/m1/s1. The number of ether oxygens (including phenoxy) is 1. The van der Waals surface area contributed by atoms with Gasteiger partial charge in [0, 0.05) is 55.9 Å². The Morgan fingerprint density at radius 3 is 2.30 bits per heavy atom. The average molecular weight is 594 g/mol. The summed E-state index contributed by atoms with van der Waals surface area (Å²) in [5.41, 5.74) is -0.183. The fourth-order valence-corrected chi connectivity index (χ4v) is 5.32. The molecule has 40 heavy (non-hydrogen) atoms. The molecule has 0 radical (unpaired) electrons. The van der Waals surface area contributed by atoms with Crippen LogP contribution in [0.4, 0.5) is 5.69 Å². The molecule has 0 unspecified atom stereocenters. The highest BCUT2D eigenvalue weighted by atomic mass is 35.5. The van der Waals surface area contributed by atoms with E-state index in [2.05, 4.69) is 10.6 Å². The number of carbonyl (C=O) groups excluding carboxylic acids is 2. The van der Waals surface area contributed by atoms with Crippen LogP contribution < -0.4 is 20.3 Å². The molecule has 2 amide bonds. The Morgan fingerprint density at radius 2 is 1.70 bits per heavy atom. The summed E-state index contributed by atoms with van der Waals surface area (Å²) in [4.78, 5) is 40.8. The van der Waals surface area contributed by atoms with E-state index in [-0.39, 0.29) is 46.8 Å². The summed E-state index contributed by atoms with van der Waals surface area (Å²) in [5.74, 6) is -1.44. The number of carboxylic acids is 1. The molecule has 4 rings (SSSR count). The van der Waals surface area contributed by atoms with Gasteiger partial charge in [-0.15, -0.1) is 0 Å². The van der Waals surface area contributed by atoms with Gasteiger partial charge in [0.25, 0.3) is 11.8 Å². The number of nitrogens with zero attached hydrogens (tertiary/aromatic N) is 2. The van der Waals surface area contributed by atoms with Gasteiger partial charge in [-0.2, -0.15) is 0 Å². The highest BCUT2D eigenvalue weighted by molar-refractivity contribution is 6.32. The zero-order valence-corrected chi connectivity index (χ0v) is 24.1. The summed E-state index contributed by atoms with van der Waals surface area (Å²) in [5, 5.41) is 27.2. The number of hydrogen-bond donors (Lipinski definition) is 4. The van der Waals surface area contributed by atoms with Crippen molar-refractivity contribution in [3.05, 3.63) is 57.6 Å². The first-order valence-corrected chi connectivity index (χ1v) is 13.9. The van der Waals surface area contributed by atoms with Crippen LogP contribution in [0.15, 0.2) is 36.4 Å². The van der Waals surface area contributed by atoms with E-state index in [1.54, 1.807) is 30.3 Å². The second kappa shape index (κ2) is 12.2. The van der Waals surface area contributed by atoms with E-state index in [9.17, 15) is 24.6 Å². The Kier molecular flexibility index (Phi) is 9.14. The summed E-state index contributed by atoms with van der Waals surface area (Å²) >= 11 is 12.3. The van der Waals surface area contributed by atoms with Crippen molar-refractivity contribution in [1.82, 2.24) is 15.5 Å². The number of halogens is 2. The molecule has 4 N–H and O–H groups in total. The minimum atomic E-state index is -1.55. The lowest BCUT2D eigenvalue weighted by atomic mass is 10.0. The zero-order valence-electron chi connectivity index (χ0n) is 22.6. The van der Waals surface area contributed by atoms with Crippen LogP contribution in [0.3, 0.4) is 0 Å². The molecular weight excluding hydrogens is 559 g/mol. The van der Waals surface area contributed by atoms with Gasteiger partial charge in [0.05, 0.1) is 28.4 Å². The van der Waals surface area contributed by atoms with E-state index >= 15 is 0 Å². The number of aliphatic carboxylic acids is 1. The topological polar surface area (TPSA) is 131 Å². The molecule has 216 valence electrons. The molecule has 2 saturated heterocycles. The van der Waals surface area contributed by atoms with Crippen molar-refractivity contribution in [2.24, 2.45) is 0 Å². The third-order valence-corrected chi connectivity index (χ3v) is 7.90. The molecule has 2 aliphatic heterocycles. The SMILES string of the molecule is CNC(=O)c1cc(Cl)c(OC(C)(C)C(=O)O)cc1N1C[C@@H](O)[C@H](NC2CCN(C(=O)c3ccc(Cl)cc3)CC2)C1. The number of amides is 2. The van der Waals surface area contributed by atoms with Gasteiger partial charge in [-0.1, -0.05) is 23.2 Å². The van der Waals surface area contributed by atoms with Gasteiger partial charge in [0.1, 0.15) is 5.75 Å². The molecule has 2 aromatic rings. The Labute approximate surface area is 243 Å². The lowest BCUT2D eigenvalue weighted by Crippen LogP contribution is -2.50. The van der Waals surface area contributed by atoms with Crippen molar-refractivity contribution < 1.29 is 29.3 Å². The average Bonchev–Trinajstić information content (AvgIpc) is 3.29. The second-order valence-electron chi connectivity index (χ2n) is 10.6. The molecule has 2 heterocycles. The minimum absolute atomic E-state index is 0.0317. The highest BCUT2D eigenvalue weighted by Gasteiger charge is 2.37. The molecular formula is C28H34Cl2N4O6. The molecule has 0 aliphatic carbocycles. The first kappa shape index (κ1) is 29.9. The van der Waals surface area contributed by atoms with Crippen molar-refractivity contribution >= 4 is 46.7 Å². The van der Waals surface area contributed by atoms with E-state index < -0.39 is 17.7 Å². The molecule has 2 aromatic carbocycles. The largest absolute Gasteiger partial charge is 0.478 e. The number of β-amino-alcohol motifs (C(OH)–C–C–N with tert-alkyl or cyclic N) is 1. The number of benzene rings is 2. The number of carboxylic acid groups (broad SMARTS) is 1. The lowest BCUT2D eigenvalue weighted by molar-refractivity contribution is -0.152. The monoisotopic (exact) mass is 592 g/mol. The highest BCUT2D eigenvalue weighted by Crippen LogP contribution is 2.37. The minimum Gasteiger partial charge on any atom is -0.478 e. The molecule has 0 spiro atoms. The normalized spacial score (nSPS) is 19.9. The smallest absolute Gasteiger partial charge is 0.347 e. The van der Waals surface area contributed by atoms with Crippen molar-refractivity contribution in [1.29, 1.82) is 0 Å². The van der Waals surface area contributed by atoms with Crippen LogP contribution in [0, 0.1) is 0 Å². The number of aliphatic hydroxyl groups excluding tert-OH is 1. The van der Waals surface area contributed by atoms with Gasteiger partial charge in [0.15, 0.2) is 5.60 Å². The Bertz CT molecular complexity index is 1260. The molecule has 0 aromatic heterocycles. The molecule has 0 bridgehead atoms. The summed E-state index contributed by atoms with van der Waals surface area (Å²) in [6.45, 7) is 4.64. The molecule has 2 fully saturated rings. The maximum Gasteiger partial charge on any atom is 0.347 e. The van der Waals surface area contributed by atoms with Gasteiger partial charge in [-0.05, 0) is 57.0 Å². The van der Waals surface area contributed by atoms with Crippen LogP contribution >= 0.6 is 23.2 Å². The molecule has 2 aliphatic rings. The Hall–Kier alpha value is -3.05. The lowest BCUT2D eigenvalue weighted by Gasteiger charge is -2.34. The van der Waals surface area contributed by atoms with E-state index in [1.165, 1.54) is 27.0 Å². The van der Waals surface area contributed by atoms with Crippen molar-refractivity contribution in [3.63, 3.8) is 0 Å². The Morgan fingerprint density at radius 1 is 1.05 bits per heavy atom. The Balaban J connectivity index is 1.44. The van der Waals surface area contributed by atoms with Crippen LogP contribution in [0.2, 0.25) is 10.0 Å². The molecule has 0 saturated carbocycles. The summed E-state index contributed by atoms with van der Waals surface area (Å²) < 4.78 is 5.70. The number of hydrogen-bond acceptors (Lipinski definition) is 7. The number of carbonyl (C=O) groups is 3. The van der Waals surface area contributed by atoms with Crippen molar-refractivity contribution in [2.75, 3.05) is 38.1 Å². The van der Waals surface area contributed by atoms with E-state index in [0.717, 1.165) is 12.8 Å². The third kappa shape index (κ3) is 6.63. The van der Waals surface area contributed by atoms with E-state index in [4.69, 9.17) is 27.9 Å². The number of rotatable bonds is 8. The molecule has 2 atom stereocenters. The quantitative estimate of drug-likeness (QED) is 0.368. The third-order valence-electron chi connectivity index (χ3n) is 7.35. The fraction of sp³-hybridized carbons (Fsp3) is 0.464. The predicted octanol–water partition coefficient (Wildman–Crippen LogP) is 3.04. The van der Waals surface area contributed by atoms with Crippen LogP contribution in [-0.2, 0) is 4.79 Å². The summed E-state index contributed by atoms with van der Waals surface area (Å²) in [6, 6.07) is 9.67. The second-order valence-corrected chi connectivity index (χ2v) is 11.5. The van der Waals surface area contributed by atoms with Crippen molar-refractivity contribution in [3.8, 4) is 5.75 Å². The van der Waals surface area contributed by atoms with Gasteiger partial charge in [0.2, 0.25) is 0 Å². The molecule has 10 nitrogen and oxygen atoms in total. The van der Waals surface area contributed by atoms with Crippen LogP contribution in [0.5, 0.6) is 5.75 Å². The summed E-state index contributed by atoms with van der Waals surface area (Å²) in [6.07, 6.45) is 0.742. The number of nitrogens with one attached hydrogen (secondary N) is 2. The van der Waals surface area contributed by atoms with Crippen molar-refractivity contribution in [2.45, 2.75) is 50.5 Å². The number of aliphatic hydroxyl groups is 1. The fourth-order valence-electron chi connectivity index (χ4n) is 4.99. The summed E-state index contributed by atoms with van der Waals surface area (Å²) in [7, 11) is 1.51. The van der Waals surface area contributed by atoms with Crippen LogP contribution in [-0.4, -0.2) is 89.9 Å². The number of anilines is 1. The number of likely N-dealkylation sites (tertiary alicyclic amines) is 1. The first-order valence-electron chi connectivity index (χ1n) is 13.1. The van der Waals surface area contributed by atoms with E-state index in [1.807, 2.05) is 9.80 Å².